The van der Waals surface area contributed by atoms with Gasteiger partial charge < -0.3 is 15.5 Å². The highest BCUT2D eigenvalue weighted by atomic mass is 32.2. The molecule has 0 radical (unpaired) electrons. The second kappa shape index (κ2) is 8.23. The summed E-state index contributed by atoms with van der Waals surface area (Å²) in [6.45, 7) is 5.62. The second-order valence-corrected chi connectivity index (χ2v) is 9.03. The quantitative estimate of drug-likeness (QED) is 0.555. The van der Waals surface area contributed by atoms with Crippen molar-refractivity contribution in [1.82, 2.24) is 0 Å². The standard InChI is InChI=1S/C24H24FN3O2S/c1-14-4-6-16(7-5-14)21-13-18(15(2)30-21)22(29)27-17-8-9-20(25)19(12-17)24(3)10-11-31-23(26)28-24/h4-9,12-13H,10-11H2,1-3H3,(H2,26,28)(H,27,29). The van der Waals surface area contributed by atoms with Crippen LogP contribution in [0.5, 0.6) is 0 Å². The van der Waals surface area contributed by atoms with E-state index in [2.05, 4.69) is 10.3 Å². The Balaban J connectivity index is 1.60. The summed E-state index contributed by atoms with van der Waals surface area (Å²) in [6.07, 6.45) is 0.660. The minimum absolute atomic E-state index is 0.315. The maximum atomic E-state index is 14.6. The Bertz CT molecular complexity index is 1170. The van der Waals surface area contributed by atoms with Gasteiger partial charge >= 0.3 is 0 Å². The first kappa shape index (κ1) is 21.2. The number of nitrogens with one attached hydrogen (secondary N) is 1. The molecule has 0 bridgehead atoms. The van der Waals surface area contributed by atoms with Gasteiger partial charge in [0.2, 0.25) is 0 Å². The lowest BCUT2D eigenvalue weighted by Gasteiger charge is -2.30. The third-order valence-corrected chi connectivity index (χ3v) is 6.29. The van der Waals surface area contributed by atoms with Crippen LogP contribution in [0.25, 0.3) is 11.3 Å². The summed E-state index contributed by atoms with van der Waals surface area (Å²) in [5.74, 6) is 1.22. The Morgan fingerprint density at radius 3 is 2.65 bits per heavy atom. The molecule has 160 valence electrons. The number of amides is 1. The monoisotopic (exact) mass is 437 g/mol. The second-order valence-electron chi connectivity index (χ2n) is 7.92. The Morgan fingerprint density at radius 1 is 1.19 bits per heavy atom. The zero-order valence-electron chi connectivity index (χ0n) is 17.7. The Morgan fingerprint density at radius 2 is 1.94 bits per heavy atom. The van der Waals surface area contributed by atoms with Crippen molar-refractivity contribution in [3.05, 3.63) is 76.8 Å². The van der Waals surface area contributed by atoms with Gasteiger partial charge in [0.1, 0.15) is 17.3 Å². The Labute approximate surface area is 184 Å². The van der Waals surface area contributed by atoms with E-state index in [1.807, 2.05) is 38.1 Å². The summed E-state index contributed by atoms with van der Waals surface area (Å²) < 4.78 is 20.4. The largest absolute Gasteiger partial charge is 0.461 e. The van der Waals surface area contributed by atoms with Crippen LogP contribution in [-0.2, 0) is 5.54 Å². The molecule has 0 spiro atoms. The molecule has 4 rings (SSSR count). The summed E-state index contributed by atoms with van der Waals surface area (Å²) in [6, 6.07) is 14.2. The lowest BCUT2D eigenvalue weighted by Crippen LogP contribution is -2.29. The summed E-state index contributed by atoms with van der Waals surface area (Å²) in [5.41, 5.74) is 8.51. The van der Waals surface area contributed by atoms with Crippen molar-refractivity contribution in [2.24, 2.45) is 10.7 Å². The van der Waals surface area contributed by atoms with Crippen LogP contribution in [0.15, 0.2) is 57.9 Å². The van der Waals surface area contributed by atoms with Gasteiger partial charge in [-0.1, -0.05) is 41.6 Å². The van der Waals surface area contributed by atoms with Gasteiger partial charge in [-0.25, -0.2) is 4.39 Å². The molecule has 7 heteroatoms. The van der Waals surface area contributed by atoms with Crippen LogP contribution in [0.1, 0.15) is 40.6 Å². The van der Waals surface area contributed by atoms with E-state index in [9.17, 15) is 9.18 Å². The van der Waals surface area contributed by atoms with Crippen LogP contribution in [0, 0.1) is 19.7 Å². The fourth-order valence-corrected chi connectivity index (χ4v) is 4.64. The zero-order chi connectivity index (χ0) is 22.2. The number of amidine groups is 1. The molecule has 0 saturated heterocycles. The third-order valence-electron chi connectivity index (χ3n) is 5.50. The first-order chi connectivity index (χ1) is 14.7. The van der Waals surface area contributed by atoms with Gasteiger partial charge in [0.05, 0.1) is 11.1 Å². The molecule has 2 aromatic carbocycles. The number of carbonyl (C=O) groups is 1. The molecule has 1 atom stereocenters. The number of halogens is 1. The van der Waals surface area contributed by atoms with Gasteiger partial charge in [-0.3, -0.25) is 9.79 Å². The number of aliphatic imine (C=N–C) groups is 1. The average Bonchev–Trinajstić information content (AvgIpc) is 3.11. The minimum atomic E-state index is -0.760. The molecule has 2 heterocycles. The number of hydrogen-bond donors (Lipinski definition) is 2. The van der Waals surface area contributed by atoms with E-state index in [-0.39, 0.29) is 11.7 Å². The molecule has 1 aliphatic rings. The van der Waals surface area contributed by atoms with E-state index >= 15 is 0 Å². The predicted molar refractivity (Wildman–Crippen MR) is 124 cm³/mol. The number of carbonyl (C=O) groups excluding carboxylic acids is 1. The van der Waals surface area contributed by atoms with E-state index in [4.69, 9.17) is 10.2 Å². The Hall–Kier alpha value is -3.06. The maximum absolute atomic E-state index is 14.6. The van der Waals surface area contributed by atoms with Gasteiger partial charge in [0.25, 0.3) is 5.91 Å². The van der Waals surface area contributed by atoms with Crippen LogP contribution in [0.2, 0.25) is 0 Å². The normalized spacial score (nSPS) is 18.5. The number of nitrogens with zero attached hydrogens (tertiary/aromatic N) is 1. The zero-order valence-corrected chi connectivity index (χ0v) is 18.5. The van der Waals surface area contributed by atoms with Crippen LogP contribution in [0.4, 0.5) is 10.1 Å². The first-order valence-electron chi connectivity index (χ1n) is 10.0. The van der Waals surface area contributed by atoms with E-state index in [1.54, 1.807) is 25.1 Å². The number of aryl methyl sites for hydroxylation is 2. The van der Waals surface area contributed by atoms with Crippen molar-refractivity contribution in [2.75, 3.05) is 11.1 Å². The average molecular weight is 438 g/mol. The molecule has 1 aromatic heterocycles. The van der Waals surface area contributed by atoms with Crippen LogP contribution in [0.3, 0.4) is 0 Å². The molecule has 1 unspecified atom stereocenters. The highest BCUT2D eigenvalue weighted by Crippen LogP contribution is 2.37. The lowest BCUT2D eigenvalue weighted by atomic mass is 9.89. The van der Waals surface area contributed by atoms with Crippen molar-refractivity contribution in [3.63, 3.8) is 0 Å². The number of nitrogens with two attached hydrogens (primary N) is 1. The van der Waals surface area contributed by atoms with Gasteiger partial charge in [0, 0.05) is 22.6 Å². The maximum Gasteiger partial charge on any atom is 0.259 e. The van der Waals surface area contributed by atoms with Crippen LogP contribution < -0.4 is 11.1 Å². The van der Waals surface area contributed by atoms with Gasteiger partial charge in [-0.2, -0.15) is 0 Å². The van der Waals surface area contributed by atoms with E-state index < -0.39 is 5.54 Å². The first-order valence-corrected chi connectivity index (χ1v) is 11.0. The van der Waals surface area contributed by atoms with Crippen molar-refractivity contribution in [2.45, 2.75) is 32.7 Å². The van der Waals surface area contributed by atoms with Gasteiger partial charge in [0.15, 0.2) is 5.17 Å². The van der Waals surface area contributed by atoms with Gasteiger partial charge in [-0.15, -0.1) is 0 Å². The number of thioether (sulfide) groups is 1. The minimum Gasteiger partial charge on any atom is -0.461 e. The van der Waals surface area contributed by atoms with Crippen molar-refractivity contribution in [3.8, 4) is 11.3 Å². The van der Waals surface area contributed by atoms with E-state index in [0.29, 0.717) is 39.9 Å². The number of anilines is 1. The highest BCUT2D eigenvalue weighted by molar-refractivity contribution is 8.13. The van der Waals surface area contributed by atoms with Gasteiger partial charge in [-0.05, 0) is 51.5 Å². The fourth-order valence-electron chi connectivity index (χ4n) is 3.66. The molecule has 1 aliphatic heterocycles. The molecule has 0 saturated carbocycles. The molecule has 0 fully saturated rings. The van der Waals surface area contributed by atoms with Crippen LogP contribution >= 0.6 is 11.8 Å². The number of hydrogen-bond acceptors (Lipinski definition) is 5. The Kier molecular flexibility index (Phi) is 5.62. The topological polar surface area (TPSA) is 80.6 Å². The number of rotatable bonds is 4. The molecular formula is C24H24FN3O2S. The molecule has 3 N–H and O–H groups in total. The molecule has 1 amide bonds. The SMILES string of the molecule is Cc1ccc(-c2cc(C(=O)Nc3ccc(F)c(C4(C)CCSC(N)=N4)c3)c(C)o2)cc1. The molecular weight excluding hydrogens is 413 g/mol. The fraction of sp³-hybridized carbons (Fsp3) is 0.250. The molecule has 5 nitrogen and oxygen atoms in total. The van der Waals surface area contributed by atoms with Crippen molar-refractivity contribution >= 4 is 28.5 Å². The highest BCUT2D eigenvalue weighted by Gasteiger charge is 2.32. The predicted octanol–water partition coefficient (Wildman–Crippen LogP) is 5.62. The summed E-state index contributed by atoms with van der Waals surface area (Å²) in [5, 5.41) is 3.30. The lowest BCUT2D eigenvalue weighted by molar-refractivity contribution is 0.102. The van der Waals surface area contributed by atoms with E-state index in [1.165, 1.54) is 17.8 Å². The van der Waals surface area contributed by atoms with Crippen molar-refractivity contribution < 1.29 is 13.6 Å². The number of furan rings is 1. The smallest absolute Gasteiger partial charge is 0.259 e. The third kappa shape index (κ3) is 4.37. The molecule has 0 aliphatic carbocycles. The molecule has 3 aromatic rings. The summed E-state index contributed by atoms with van der Waals surface area (Å²) in [7, 11) is 0. The summed E-state index contributed by atoms with van der Waals surface area (Å²) >= 11 is 1.46. The van der Waals surface area contributed by atoms with Crippen molar-refractivity contribution in [1.29, 1.82) is 0 Å². The van der Waals surface area contributed by atoms with Crippen LogP contribution in [-0.4, -0.2) is 16.8 Å². The van der Waals surface area contributed by atoms with E-state index in [0.717, 1.165) is 16.9 Å². The number of benzene rings is 2. The summed E-state index contributed by atoms with van der Waals surface area (Å²) in [4.78, 5) is 17.4. The molecule has 31 heavy (non-hydrogen) atoms.